The number of fused-ring (bicyclic) bond motifs is 11. The minimum absolute atomic E-state index is 0.751. The number of aromatic nitrogens is 3. The first-order chi connectivity index (χ1) is 22.1. The second-order valence-corrected chi connectivity index (χ2v) is 17.9. The highest BCUT2D eigenvalue weighted by Crippen LogP contribution is 2.42. The van der Waals surface area contributed by atoms with Crippen molar-refractivity contribution in [3.8, 4) is 28.3 Å². The zero-order chi connectivity index (χ0) is 29.9. The van der Waals surface area contributed by atoms with Gasteiger partial charge in [0.15, 0.2) is 11.6 Å². The van der Waals surface area contributed by atoms with E-state index < -0.39 is 8.07 Å². The second kappa shape index (κ2) is 8.97. The van der Waals surface area contributed by atoms with Crippen molar-refractivity contribution in [3.05, 3.63) is 127 Å². The highest BCUT2D eigenvalue weighted by atomic mass is 32.1. The van der Waals surface area contributed by atoms with Gasteiger partial charge in [0.1, 0.15) is 4.83 Å². The molecule has 6 aromatic carbocycles. The van der Waals surface area contributed by atoms with Crippen LogP contribution >= 0.6 is 11.3 Å². The van der Waals surface area contributed by atoms with E-state index in [1.54, 1.807) is 16.5 Å². The van der Waals surface area contributed by atoms with E-state index in [9.17, 15) is 0 Å². The van der Waals surface area contributed by atoms with Crippen LogP contribution in [0.2, 0.25) is 13.1 Å². The first kappa shape index (κ1) is 25.2. The van der Waals surface area contributed by atoms with Gasteiger partial charge in [-0.1, -0.05) is 122 Å². The predicted molar refractivity (Wildman–Crippen MR) is 194 cm³/mol. The Bertz CT molecular complexity index is 2680. The quantitative estimate of drug-likeness (QED) is 0.183. The molecule has 0 saturated carbocycles. The van der Waals surface area contributed by atoms with Gasteiger partial charge in [-0.3, -0.25) is 4.57 Å². The van der Waals surface area contributed by atoms with E-state index in [0.717, 1.165) is 32.9 Å². The van der Waals surface area contributed by atoms with Gasteiger partial charge in [-0.05, 0) is 35.0 Å². The Balaban J connectivity index is 1.38. The zero-order valence-corrected chi connectivity index (χ0v) is 26.7. The molecule has 0 fully saturated rings. The minimum atomic E-state index is -1.92. The summed E-state index contributed by atoms with van der Waals surface area (Å²) in [6, 6.07) is 46.4. The summed E-state index contributed by atoms with van der Waals surface area (Å²) in [6.45, 7) is 5.02. The van der Waals surface area contributed by atoms with Crippen molar-refractivity contribution in [2.45, 2.75) is 13.1 Å². The smallest absolute Gasteiger partial charge is 0.163 e. The summed E-state index contributed by atoms with van der Waals surface area (Å²) >= 11 is 1.75. The molecule has 5 heteroatoms. The van der Waals surface area contributed by atoms with Gasteiger partial charge < -0.3 is 0 Å². The van der Waals surface area contributed by atoms with Crippen LogP contribution in [0.1, 0.15) is 0 Å². The number of hydrogen-bond donors (Lipinski definition) is 0. The predicted octanol–water partition coefficient (Wildman–Crippen LogP) is 9.56. The molecule has 0 spiro atoms. The van der Waals surface area contributed by atoms with Gasteiger partial charge >= 0.3 is 0 Å². The van der Waals surface area contributed by atoms with E-state index in [-0.39, 0.29) is 0 Å². The number of para-hydroxylation sites is 1. The fraction of sp³-hybridized carbons (Fsp3) is 0.0500. The Hall–Kier alpha value is -5.10. The fourth-order valence-electron chi connectivity index (χ4n) is 7.79. The molecule has 3 nitrogen and oxygen atoms in total. The lowest BCUT2D eigenvalue weighted by Crippen LogP contribution is -2.49. The van der Waals surface area contributed by atoms with E-state index in [2.05, 4.69) is 139 Å². The highest BCUT2D eigenvalue weighted by molar-refractivity contribution is 7.25. The van der Waals surface area contributed by atoms with Gasteiger partial charge in [-0.2, -0.15) is 23.5 Å². The molecule has 45 heavy (non-hydrogen) atoms. The van der Waals surface area contributed by atoms with Gasteiger partial charge in [-0.15, -0.1) is 11.3 Å². The number of thiophene rings is 1. The van der Waals surface area contributed by atoms with Gasteiger partial charge in [0.2, 0.25) is 0 Å². The standard InChI is InChI=1S/C40H27N3SSi/c1-45(2)35-19-11-8-15-27(35)28-21-20-25-22-31-26-14-6-9-17-32(26)43(33(31)23-30(25)37(28)45)39-36-29-16-7-10-18-34(29)44-40(36)42-38(41-39)24-12-4-3-5-13-24/h3-23H,1-2H3/q-1. The maximum atomic E-state index is 5.42. The summed E-state index contributed by atoms with van der Waals surface area (Å²) in [4.78, 5) is 11.6. The first-order valence-electron chi connectivity index (χ1n) is 15.4. The monoisotopic (exact) mass is 609 g/mol. The molecule has 0 aliphatic carbocycles. The molecule has 0 radical (unpaired) electrons. The summed E-state index contributed by atoms with van der Waals surface area (Å²) < 4.78 is 3.64. The Morgan fingerprint density at radius 3 is 2.24 bits per heavy atom. The van der Waals surface area contributed by atoms with Crippen molar-refractivity contribution in [1.82, 2.24) is 14.5 Å². The molecular weight excluding hydrogens is 583 g/mol. The number of hydrogen-bond acceptors (Lipinski definition) is 3. The normalized spacial score (nSPS) is 13.7. The molecular formula is C40H27N3SSi-. The van der Waals surface area contributed by atoms with E-state index in [1.807, 2.05) is 6.07 Å². The van der Waals surface area contributed by atoms with E-state index >= 15 is 0 Å². The summed E-state index contributed by atoms with van der Waals surface area (Å²) in [5.41, 5.74) is 6.17. The number of rotatable bonds is 2. The topological polar surface area (TPSA) is 30.7 Å². The molecule has 213 valence electrons. The van der Waals surface area contributed by atoms with E-state index in [1.165, 1.54) is 53.5 Å². The minimum Gasteiger partial charge on any atom is -0.293 e. The third kappa shape index (κ3) is 3.39. The third-order valence-corrected chi connectivity index (χ3v) is 14.4. The van der Waals surface area contributed by atoms with Crippen LogP contribution in [-0.2, 0) is 0 Å². The van der Waals surface area contributed by atoms with Crippen LogP contribution in [0.4, 0.5) is 0 Å². The summed E-state index contributed by atoms with van der Waals surface area (Å²) in [7, 11) is -1.92. The lowest BCUT2D eigenvalue weighted by atomic mass is 10.00. The lowest BCUT2D eigenvalue weighted by Gasteiger charge is -2.33. The summed E-state index contributed by atoms with van der Waals surface area (Å²) in [5.74, 6) is 1.69. The lowest BCUT2D eigenvalue weighted by molar-refractivity contribution is 1.08. The van der Waals surface area contributed by atoms with E-state index in [0.29, 0.717) is 0 Å². The number of nitrogens with zero attached hydrogens (tertiary/aromatic N) is 3. The molecule has 0 unspecified atom stereocenters. The first-order valence-corrected chi connectivity index (χ1v) is 19.2. The molecule has 4 heterocycles. The molecule has 0 N–H and O–H groups in total. The Labute approximate surface area is 265 Å². The molecule has 1 aliphatic heterocycles. The van der Waals surface area contributed by atoms with E-state index in [4.69, 9.17) is 9.97 Å². The average Bonchev–Trinajstić information content (AvgIpc) is 3.69. The Kier molecular flexibility index (Phi) is 5.03. The molecule has 1 aliphatic rings. The molecule has 3 aromatic heterocycles. The second-order valence-electron chi connectivity index (χ2n) is 12.6. The average molecular weight is 610 g/mol. The molecule has 0 amide bonds. The maximum Gasteiger partial charge on any atom is 0.163 e. The molecule has 0 saturated heterocycles. The molecule has 0 atom stereocenters. The van der Waals surface area contributed by atoms with Crippen LogP contribution in [0, 0.1) is 0 Å². The Morgan fingerprint density at radius 1 is 0.600 bits per heavy atom. The van der Waals surface area contributed by atoms with Crippen LogP contribution in [0.5, 0.6) is 0 Å². The molecule has 0 bridgehead atoms. The number of benzene rings is 6. The van der Waals surface area contributed by atoms with Gasteiger partial charge in [0, 0.05) is 26.4 Å². The highest BCUT2D eigenvalue weighted by Gasteiger charge is 2.29. The Morgan fingerprint density at radius 2 is 1.36 bits per heavy atom. The van der Waals surface area contributed by atoms with Gasteiger partial charge in [-0.25, -0.2) is 9.97 Å². The van der Waals surface area contributed by atoms with Gasteiger partial charge in [0.05, 0.1) is 16.4 Å². The van der Waals surface area contributed by atoms with Crippen molar-refractivity contribution >= 4 is 82.7 Å². The van der Waals surface area contributed by atoms with Crippen molar-refractivity contribution < 1.29 is 0 Å². The molecule has 10 rings (SSSR count). The van der Waals surface area contributed by atoms with Crippen LogP contribution in [0.25, 0.3) is 81.2 Å². The van der Waals surface area contributed by atoms with Crippen LogP contribution in [0.3, 0.4) is 0 Å². The zero-order valence-electron chi connectivity index (χ0n) is 24.9. The SMILES string of the molecule is C[Si-]1(C)c2ccccc2-c2ccc3cc4c5ccccc5n(-c5nc(-c6ccccc6)nc6sc7ccccc7c56)c4cc3c21. The fourth-order valence-corrected chi connectivity index (χ4v) is 12.3. The largest absolute Gasteiger partial charge is 0.293 e. The van der Waals surface area contributed by atoms with Crippen molar-refractivity contribution in [3.63, 3.8) is 0 Å². The van der Waals surface area contributed by atoms with Crippen LogP contribution < -0.4 is 10.4 Å². The summed E-state index contributed by atoms with van der Waals surface area (Å²) in [5, 5.41) is 10.5. The van der Waals surface area contributed by atoms with Crippen molar-refractivity contribution in [2.75, 3.05) is 0 Å². The van der Waals surface area contributed by atoms with Crippen molar-refractivity contribution in [2.24, 2.45) is 0 Å². The molecule has 9 aromatic rings. The third-order valence-electron chi connectivity index (χ3n) is 9.79. The van der Waals surface area contributed by atoms with Gasteiger partial charge in [0.25, 0.3) is 0 Å². The van der Waals surface area contributed by atoms with Crippen LogP contribution in [-0.4, -0.2) is 22.6 Å². The summed E-state index contributed by atoms with van der Waals surface area (Å²) in [6.07, 6.45) is 0. The maximum absolute atomic E-state index is 5.42. The van der Waals surface area contributed by atoms with Crippen LogP contribution in [0.15, 0.2) is 127 Å². The van der Waals surface area contributed by atoms with Crippen molar-refractivity contribution in [1.29, 1.82) is 0 Å².